The summed E-state index contributed by atoms with van der Waals surface area (Å²) >= 11 is 0. The van der Waals surface area contributed by atoms with Crippen molar-refractivity contribution in [2.24, 2.45) is 0 Å². The lowest BCUT2D eigenvalue weighted by Crippen LogP contribution is -2.10. The molecular weight excluding hydrogens is 306 g/mol. The highest BCUT2D eigenvalue weighted by atomic mass is 16.1. The molecule has 0 amide bonds. The van der Waals surface area contributed by atoms with Gasteiger partial charge < -0.3 is 0 Å². The number of carbonyl (C=O) groups is 1. The summed E-state index contributed by atoms with van der Waals surface area (Å²) in [6.07, 6.45) is 8.07. The van der Waals surface area contributed by atoms with Gasteiger partial charge in [-0.05, 0) is 66.6 Å². The van der Waals surface area contributed by atoms with Gasteiger partial charge in [-0.2, -0.15) is 0 Å². The van der Waals surface area contributed by atoms with E-state index in [-0.39, 0.29) is 5.78 Å². The summed E-state index contributed by atoms with van der Waals surface area (Å²) in [7, 11) is 0. The van der Waals surface area contributed by atoms with Crippen molar-refractivity contribution in [3.8, 4) is 0 Å². The summed E-state index contributed by atoms with van der Waals surface area (Å²) in [4.78, 5) is 17.4. The maximum Gasteiger partial charge on any atom is 0.187 e. The third-order valence-electron chi connectivity index (χ3n) is 4.99. The summed E-state index contributed by atoms with van der Waals surface area (Å²) < 4.78 is 0. The molecule has 2 nitrogen and oxygen atoms in total. The molecule has 1 aliphatic carbocycles. The number of nitrogens with zero attached hydrogens (tertiary/aromatic N) is 1. The summed E-state index contributed by atoms with van der Waals surface area (Å²) in [6, 6.07) is 16.5. The van der Waals surface area contributed by atoms with Crippen LogP contribution >= 0.6 is 0 Å². The molecule has 1 aliphatic rings. The molecule has 0 atom stereocenters. The quantitative estimate of drug-likeness (QED) is 0.481. The van der Waals surface area contributed by atoms with Crippen molar-refractivity contribution in [3.63, 3.8) is 0 Å². The van der Waals surface area contributed by atoms with Crippen LogP contribution in [0.15, 0.2) is 54.6 Å². The highest BCUT2D eigenvalue weighted by Gasteiger charge is 2.16. The molecule has 2 aromatic carbocycles. The monoisotopic (exact) mass is 327 g/mol. The largest absolute Gasteiger partial charge is 0.289 e. The number of hydrogen-bond acceptors (Lipinski definition) is 2. The smallest absolute Gasteiger partial charge is 0.187 e. The standard InChI is InChI=1S/C23H21NO/c1-16-21(15-19-8-3-5-12-22(19)24-16)23(25)14-13-18-10-6-9-17-7-2-4-11-20(17)18/h2,4,6-7,9-11,13-15H,3,5,8,12H2,1H3/b14-13+. The Bertz CT molecular complexity index is 979. The number of carbonyl (C=O) groups excluding carboxylic acids is 1. The zero-order valence-corrected chi connectivity index (χ0v) is 14.5. The van der Waals surface area contributed by atoms with E-state index < -0.39 is 0 Å². The topological polar surface area (TPSA) is 30.0 Å². The predicted molar refractivity (Wildman–Crippen MR) is 103 cm³/mol. The molecule has 1 aromatic heterocycles. The Kier molecular flexibility index (Phi) is 4.19. The highest BCUT2D eigenvalue weighted by molar-refractivity contribution is 6.08. The fraction of sp³-hybridized carbons (Fsp3) is 0.217. The minimum atomic E-state index is 0.0336. The number of allylic oxidation sites excluding steroid dienone is 1. The van der Waals surface area contributed by atoms with Crippen LogP contribution in [0.3, 0.4) is 0 Å². The third-order valence-corrected chi connectivity index (χ3v) is 4.99. The lowest BCUT2D eigenvalue weighted by atomic mass is 9.93. The molecule has 1 heterocycles. The van der Waals surface area contributed by atoms with Crippen molar-refractivity contribution in [1.29, 1.82) is 0 Å². The molecular formula is C23H21NO. The van der Waals surface area contributed by atoms with Gasteiger partial charge in [0.25, 0.3) is 0 Å². The van der Waals surface area contributed by atoms with Crippen molar-refractivity contribution in [2.75, 3.05) is 0 Å². The number of fused-ring (bicyclic) bond motifs is 2. The first-order chi connectivity index (χ1) is 12.2. The van der Waals surface area contributed by atoms with Crippen LogP contribution in [0.5, 0.6) is 0 Å². The number of benzene rings is 2. The molecule has 0 radical (unpaired) electrons. The molecule has 3 aromatic rings. The normalized spacial score (nSPS) is 14.0. The van der Waals surface area contributed by atoms with E-state index in [0.29, 0.717) is 0 Å². The summed E-state index contributed by atoms with van der Waals surface area (Å²) in [5.74, 6) is 0.0336. The molecule has 0 saturated carbocycles. The summed E-state index contributed by atoms with van der Waals surface area (Å²) in [5.41, 5.74) is 5.07. The van der Waals surface area contributed by atoms with Gasteiger partial charge in [0.15, 0.2) is 5.78 Å². The second kappa shape index (κ2) is 6.64. The molecule has 0 bridgehead atoms. The number of aromatic nitrogens is 1. The molecule has 0 fully saturated rings. The Morgan fingerprint density at radius 3 is 2.76 bits per heavy atom. The molecule has 0 N–H and O–H groups in total. The predicted octanol–water partition coefficient (Wildman–Crippen LogP) is 5.32. The Hall–Kier alpha value is -2.74. The van der Waals surface area contributed by atoms with Crippen LogP contribution in [-0.2, 0) is 12.8 Å². The van der Waals surface area contributed by atoms with E-state index in [1.807, 2.05) is 37.3 Å². The lowest BCUT2D eigenvalue weighted by Gasteiger charge is -2.16. The van der Waals surface area contributed by atoms with E-state index in [0.717, 1.165) is 35.0 Å². The number of hydrogen-bond donors (Lipinski definition) is 0. The number of ketones is 1. The SMILES string of the molecule is Cc1nc2c(cc1C(=O)/C=C/c1cccc3ccccc13)CCCC2. The van der Waals surface area contributed by atoms with Crippen LogP contribution in [0.2, 0.25) is 0 Å². The first-order valence-electron chi connectivity index (χ1n) is 8.92. The van der Waals surface area contributed by atoms with Crippen LogP contribution in [-0.4, -0.2) is 10.8 Å². The molecule has 0 aliphatic heterocycles. The third kappa shape index (κ3) is 3.12. The minimum Gasteiger partial charge on any atom is -0.289 e. The van der Waals surface area contributed by atoms with E-state index in [1.165, 1.54) is 29.5 Å². The fourth-order valence-corrected chi connectivity index (χ4v) is 3.64. The Morgan fingerprint density at radius 2 is 1.84 bits per heavy atom. The van der Waals surface area contributed by atoms with Gasteiger partial charge in [-0.25, -0.2) is 0 Å². The zero-order valence-electron chi connectivity index (χ0n) is 14.5. The van der Waals surface area contributed by atoms with Gasteiger partial charge in [0.05, 0.1) is 0 Å². The van der Waals surface area contributed by atoms with Gasteiger partial charge in [-0.1, -0.05) is 48.5 Å². The van der Waals surface area contributed by atoms with Crippen LogP contribution in [0.4, 0.5) is 0 Å². The number of rotatable bonds is 3. The molecule has 0 spiro atoms. The van der Waals surface area contributed by atoms with Crippen molar-refractivity contribution in [1.82, 2.24) is 4.98 Å². The van der Waals surface area contributed by atoms with Crippen LogP contribution < -0.4 is 0 Å². The Morgan fingerprint density at radius 1 is 1.04 bits per heavy atom. The van der Waals surface area contributed by atoms with Crippen LogP contribution in [0.1, 0.15) is 45.7 Å². The van der Waals surface area contributed by atoms with Gasteiger partial charge in [-0.3, -0.25) is 9.78 Å². The maximum atomic E-state index is 12.7. The van der Waals surface area contributed by atoms with Gasteiger partial charge in [0.2, 0.25) is 0 Å². The molecule has 0 saturated heterocycles. The minimum absolute atomic E-state index is 0.0336. The van der Waals surface area contributed by atoms with Gasteiger partial charge in [-0.15, -0.1) is 0 Å². The van der Waals surface area contributed by atoms with E-state index in [9.17, 15) is 4.79 Å². The summed E-state index contributed by atoms with van der Waals surface area (Å²) in [6.45, 7) is 1.94. The fourth-order valence-electron chi connectivity index (χ4n) is 3.64. The Balaban J connectivity index is 1.66. The second-order valence-electron chi connectivity index (χ2n) is 6.70. The first-order valence-corrected chi connectivity index (χ1v) is 8.92. The van der Waals surface area contributed by atoms with E-state index in [2.05, 4.69) is 29.2 Å². The first kappa shape index (κ1) is 15.8. The van der Waals surface area contributed by atoms with Crippen molar-refractivity contribution in [3.05, 3.63) is 82.7 Å². The van der Waals surface area contributed by atoms with Crippen LogP contribution in [0, 0.1) is 6.92 Å². The van der Waals surface area contributed by atoms with Crippen molar-refractivity contribution >= 4 is 22.6 Å². The molecule has 4 rings (SSSR count). The van der Waals surface area contributed by atoms with E-state index in [1.54, 1.807) is 6.08 Å². The van der Waals surface area contributed by atoms with Gasteiger partial charge in [0, 0.05) is 17.0 Å². The van der Waals surface area contributed by atoms with E-state index in [4.69, 9.17) is 0 Å². The highest BCUT2D eigenvalue weighted by Crippen LogP contribution is 2.23. The van der Waals surface area contributed by atoms with Crippen molar-refractivity contribution in [2.45, 2.75) is 32.6 Å². The number of pyridine rings is 1. The van der Waals surface area contributed by atoms with Gasteiger partial charge in [0.1, 0.15) is 0 Å². The maximum absolute atomic E-state index is 12.7. The van der Waals surface area contributed by atoms with Gasteiger partial charge >= 0.3 is 0 Å². The summed E-state index contributed by atoms with van der Waals surface area (Å²) in [5, 5.41) is 2.35. The average molecular weight is 327 g/mol. The lowest BCUT2D eigenvalue weighted by molar-refractivity contribution is 0.104. The molecule has 124 valence electrons. The second-order valence-corrected chi connectivity index (χ2v) is 6.70. The van der Waals surface area contributed by atoms with Crippen molar-refractivity contribution < 1.29 is 4.79 Å². The molecule has 25 heavy (non-hydrogen) atoms. The van der Waals surface area contributed by atoms with Crippen LogP contribution in [0.25, 0.3) is 16.8 Å². The zero-order chi connectivity index (χ0) is 17.2. The number of aryl methyl sites for hydroxylation is 3. The molecule has 0 unspecified atom stereocenters. The van der Waals surface area contributed by atoms with E-state index >= 15 is 0 Å². The average Bonchev–Trinajstić information content (AvgIpc) is 2.65. The molecule has 2 heteroatoms. The Labute approximate surface area is 148 Å².